The lowest BCUT2D eigenvalue weighted by Crippen LogP contribution is -1.78. The molecule has 0 nitrogen and oxygen atoms in total. The zero-order valence-electron chi connectivity index (χ0n) is 9.94. The van der Waals surface area contributed by atoms with E-state index in [1.807, 2.05) is 0 Å². The van der Waals surface area contributed by atoms with E-state index in [0.717, 1.165) is 5.92 Å². The smallest absolute Gasteiger partial charge is 0.0443 e. The molecule has 0 heteroatoms. The van der Waals surface area contributed by atoms with Crippen LogP contribution in [0.5, 0.6) is 0 Å². The van der Waals surface area contributed by atoms with Crippen molar-refractivity contribution in [2.45, 2.75) is 78.6 Å². The maximum Gasteiger partial charge on any atom is -0.0443 e. The van der Waals surface area contributed by atoms with Crippen molar-refractivity contribution in [3.05, 3.63) is 0 Å². The van der Waals surface area contributed by atoms with Gasteiger partial charge in [0.1, 0.15) is 0 Å². The predicted octanol–water partition coefficient (Wildman–Crippen LogP) is 5.17. The normalized spacial score (nSPS) is 16.8. The van der Waals surface area contributed by atoms with Gasteiger partial charge in [0.05, 0.1) is 0 Å². The van der Waals surface area contributed by atoms with Crippen LogP contribution in [0.4, 0.5) is 0 Å². The van der Waals surface area contributed by atoms with Gasteiger partial charge in [-0.05, 0) is 5.92 Å². The zero-order chi connectivity index (χ0) is 9.94. The van der Waals surface area contributed by atoms with Crippen LogP contribution >= 0.6 is 0 Å². The van der Waals surface area contributed by atoms with E-state index >= 15 is 0 Å². The average Bonchev–Trinajstić information content (AvgIpc) is 2.58. The SMILES string of the molecule is CC1CCCC1.CCCCCCC. The van der Waals surface area contributed by atoms with Crippen LogP contribution in [0.2, 0.25) is 0 Å². The van der Waals surface area contributed by atoms with E-state index in [2.05, 4.69) is 20.8 Å². The quantitative estimate of drug-likeness (QED) is 0.528. The fraction of sp³-hybridized carbons (Fsp3) is 1.00. The van der Waals surface area contributed by atoms with Crippen molar-refractivity contribution >= 4 is 0 Å². The molecule has 80 valence electrons. The van der Waals surface area contributed by atoms with Gasteiger partial charge in [0.2, 0.25) is 0 Å². The highest BCUT2D eigenvalue weighted by molar-refractivity contribution is 4.60. The topological polar surface area (TPSA) is 0 Å². The maximum absolute atomic E-state index is 2.34. The molecular weight excluding hydrogens is 156 g/mol. The van der Waals surface area contributed by atoms with E-state index in [0.29, 0.717) is 0 Å². The molecule has 0 radical (unpaired) electrons. The summed E-state index contributed by atoms with van der Waals surface area (Å²) >= 11 is 0. The molecule has 0 saturated heterocycles. The van der Waals surface area contributed by atoms with Crippen LogP contribution in [0.1, 0.15) is 78.6 Å². The van der Waals surface area contributed by atoms with Crippen LogP contribution in [0.3, 0.4) is 0 Å². The van der Waals surface area contributed by atoms with Crippen LogP contribution in [-0.2, 0) is 0 Å². The van der Waals surface area contributed by atoms with Crippen molar-refractivity contribution in [3.8, 4) is 0 Å². The molecule has 0 bridgehead atoms. The first-order valence-corrected chi connectivity index (χ1v) is 6.31. The highest BCUT2D eigenvalue weighted by Gasteiger charge is 2.07. The van der Waals surface area contributed by atoms with Crippen LogP contribution in [-0.4, -0.2) is 0 Å². The molecule has 1 fully saturated rings. The second kappa shape index (κ2) is 10.1. The molecule has 0 aromatic rings. The molecule has 0 heterocycles. The fourth-order valence-electron chi connectivity index (χ4n) is 1.81. The summed E-state index contributed by atoms with van der Waals surface area (Å²) in [6, 6.07) is 0. The summed E-state index contributed by atoms with van der Waals surface area (Å²) < 4.78 is 0. The minimum Gasteiger partial charge on any atom is -0.0654 e. The van der Waals surface area contributed by atoms with E-state index < -0.39 is 0 Å². The van der Waals surface area contributed by atoms with Gasteiger partial charge < -0.3 is 0 Å². The Hall–Kier alpha value is 0. The molecule has 1 aliphatic rings. The molecule has 0 atom stereocenters. The molecule has 1 rings (SSSR count). The van der Waals surface area contributed by atoms with Crippen molar-refractivity contribution in [1.82, 2.24) is 0 Å². The van der Waals surface area contributed by atoms with Gasteiger partial charge in [-0.2, -0.15) is 0 Å². The van der Waals surface area contributed by atoms with Gasteiger partial charge in [-0.3, -0.25) is 0 Å². The molecule has 0 aromatic heterocycles. The Balaban J connectivity index is 0.000000223. The van der Waals surface area contributed by atoms with Gasteiger partial charge in [-0.1, -0.05) is 78.6 Å². The zero-order valence-corrected chi connectivity index (χ0v) is 9.94. The second-order valence-corrected chi connectivity index (χ2v) is 4.45. The van der Waals surface area contributed by atoms with E-state index in [1.165, 1.54) is 57.8 Å². The van der Waals surface area contributed by atoms with Crippen molar-refractivity contribution in [2.75, 3.05) is 0 Å². The van der Waals surface area contributed by atoms with Crippen molar-refractivity contribution in [1.29, 1.82) is 0 Å². The first-order chi connectivity index (χ1) is 6.31. The lowest BCUT2D eigenvalue weighted by molar-refractivity contribution is 0.612. The average molecular weight is 184 g/mol. The number of rotatable bonds is 4. The molecular formula is C13H28. The summed E-state index contributed by atoms with van der Waals surface area (Å²) in [5, 5.41) is 0. The molecule has 0 spiro atoms. The first-order valence-electron chi connectivity index (χ1n) is 6.31. The summed E-state index contributed by atoms with van der Waals surface area (Å²) in [6.07, 6.45) is 13.0. The van der Waals surface area contributed by atoms with Crippen molar-refractivity contribution in [3.63, 3.8) is 0 Å². The third kappa shape index (κ3) is 9.92. The Bertz CT molecular complexity index is 76.0. The molecule has 1 saturated carbocycles. The third-order valence-corrected chi connectivity index (χ3v) is 2.85. The van der Waals surface area contributed by atoms with Gasteiger partial charge in [0, 0.05) is 0 Å². The summed E-state index contributed by atoms with van der Waals surface area (Å²) in [7, 11) is 0. The predicted molar refractivity (Wildman–Crippen MR) is 62.1 cm³/mol. The second-order valence-electron chi connectivity index (χ2n) is 4.45. The molecule has 0 aromatic carbocycles. The van der Waals surface area contributed by atoms with Gasteiger partial charge in [0.25, 0.3) is 0 Å². The Labute approximate surface area is 85.1 Å². The summed E-state index contributed by atoms with van der Waals surface area (Å²) in [4.78, 5) is 0. The number of hydrogen-bond donors (Lipinski definition) is 0. The van der Waals surface area contributed by atoms with Gasteiger partial charge in [0.15, 0.2) is 0 Å². The maximum atomic E-state index is 2.34. The first kappa shape index (κ1) is 13.0. The summed E-state index contributed by atoms with van der Waals surface area (Å²) in [5.41, 5.74) is 0. The molecule has 0 amide bonds. The Morgan fingerprint density at radius 2 is 1.31 bits per heavy atom. The molecule has 13 heavy (non-hydrogen) atoms. The number of unbranched alkanes of at least 4 members (excludes halogenated alkanes) is 4. The van der Waals surface area contributed by atoms with Crippen molar-refractivity contribution < 1.29 is 0 Å². The van der Waals surface area contributed by atoms with E-state index in [1.54, 1.807) is 0 Å². The monoisotopic (exact) mass is 184 g/mol. The van der Waals surface area contributed by atoms with Crippen LogP contribution in [0, 0.1) is 5.92 Å². The van der Waals surface area contributed by atoms with E-state index in [9.17, 15) is 0 Å². The van der Waals surface area contributed by atoms with Crippen molar-refractivity contribution in [2.24, 2.45) is 5.92 Å². The Morgan fingerprint density at radius 1 is 0.846 bits per heavy atom. The minimum atomic E-state index is 1.05. The standard InChI is InChI=1S/C7H16.C6H12/c1-3-5-7-6-4-2;1-6-4-2-3-5-6/h3-7H2,1-2H3;6H,2-5H2,1H3. The molecule has 0 N–H and O–H groups in total. The third-order valence-electron chi connectivity index (χ3n) is 2.85. The van der Waals surface area contributed by atoms with Gasteiger partial charge in [-0.15, -0.1) is 0 Å². The highest BCUT2D eigenvalue weighted by Crippen LogP contribution is 2.22. The molecule has 1 aliphatic carbocycles. The fourth-order valence-corrected chi connectivity index (χ4v) is 1.81. The highest BCUT2D eigenvalue weighted by atomic mass is 14.1. The largest absolute Gasteiger partial charge is 0.0654 e. The van der Waals surface area contributed by atoms with Gasteiger partial charge in [-0.25, -0.2) is 0 Å². The Kier molecular flexibility index (Phi) is 10.1. The van der Waals surface area contributed by atoms with Crippen LogP contribution in [0.25, 0.3) is 0 Å². The molecule has 0 unspecified atom stereocenters. The van der Waals surface area contributed by atoms with Gasteiger partial charge >= 0.3 is 0 Å². The summed E-state index contributed by atoms with van der Waals surface area (Å²) in [6.45, 7) is 6.83. The lowest BCUT2D eigenvalue weighted by atomic mass is 10.2. The number of hydrogen-bond acceptors (Lipinski definition) is 0. The Morgan fingerprint density at radius 3 is 1.54 bits per heavy atom. The van der Waals surface area contributed by atoms with Crippen LogP contribution < -0.4 is 0 Å². The molecule has 0 aliphatic heterocycles. The van der Waals surface area contributed by atoms with Crippen LogP contribution in [0.15, 0.2) is 0 Å². The van der Waals surface area contributed by atoms with E-state index in [4.69, 9.17) is 0 Å². The lowest BCUT2D eigenvalue weighted by Gasteiger charge is -1.91. The van der Waals surface area contributed by atoms with E-state index in [-0.39, 0.29) is 0 Å². The summed E-state index contributed by atoms with van der Waals surface area (Å²) in [5.74, 6) is 1.05. The minimum absolute atomic E-state index is 1.05.